The molecule has 0 aliphatic heterocycles. The number of benzene rings is 2. The van der Waals surface area contributed by atoms with Crippen LogP contribution in [0.15, 0.2) is 83.5 Å². The van der Waals surface area contributed by atoms with Crippen molar-refractivity contribution in [1.29, 1.82) is 0 Å². The summed E-state index contributed by atoms with van der Waals surface area (Å²) in [6.07, 6.45) is 1.46. The fraction of sp³-hybridized carbons (Fsp3) is 0.0526. The highest BCUT2D eigenvalue weighted by atomic mass is 79.9. The molecule has 0 aliphatic rings. The first kappa shape index (κ1) is 21.3. The second kappa shape index (κ2) is 10.4. The van der Waals surface area contributed by atoms with E-state index in [2.05, 4.69) is 26.5 Å². The highest BCUT2D eigenvalue weighted by Crippen LogP contribution is 2.35. The van der Waals surface area contributed by atoms with Gasteiger partial charge >= 0.3 is 0 Å². The molecule has 1 N–H and O–H groups in total. The predicted octanol–water partition coefficient (Wildman–Crippen LogP) is 6.74. The third kappa shape index (κ3) is 6.60. The summed E-state index contributed by atoms with van der Waals surface area (Å²) in [6, 6.07) is 16.6. The van der Waals surface area contributed by atoms with Crippen LogP contribution in [-0.2, 0) is 4.79 Å². The highest BCUT2D eigenvalue weighted by Gasteiger charge is 2.10. The molecule has 144 valence electrons. The molecule has 3 rings (SSSR count). The van der Waals surface area contributed by atoms with Gasteiger partial charge in [-0.3, -0.25) is 4.79 Å². The summed E-state index contributed by atoms with van der Waals surface area (Å²) >= 11 is 18.1. The molecule has 0 bridgehead atoms. The van der Waals surface area contributed by atoms with Crippen molar-refractivity contribution in [3.63, 3.8) is 0 Å². The molecular weight excluding hydrogens is 503 g/mol. The Labute approximate surface area is 189 Å². The van der Waals surface area contributed by atoms with Gasteiger partial charge in [-0.1, -0.05) is 35.0 Å². The van der Waals surface area contributed by atoms with E-state index in [-0.39, 0.29) is 11.7 Å². The number of carbonyl (C=O) groups is 1. The summed E-state index contributed by atoms with van der Waals surface area (Å²) in [5, 5.41) is 5.97. The number of amides is 1. The molecule has 1 aromatic heterocycles. The van der Waals surface area contributed by atoms with Gasteiger partial charge in [0.1, 0.15) is 5.76 Å². The lowest BCUT2D eigenvalue weighted by atomic mass is 10.4. The van der Waals surface area contributed by atoms with Gasteiger partial charge in [0, 0.05) is 25.9 Å². The zero-order chi connectivity index (χ0) is 19.9. The second-order valence-corrected chi connectivity index (χ2v) is 9.20. The lowest BCUT2D eigenvalue weighted by Gasteiger charge is -2.00. The van der Waals surface area contributed by atoms with Crippen LogP contribution in [0.4, 0.5) is 0 Å². The van der Waals surface area contributed by atoms with Crippen molar-refractivity contribution in [2.75, 3.05) is 5.75 Å². The lowest BCUT2D eigenvalue weighted by molar-refractivity contribution is -0.118. The number of nitrogens with one attached hydrogen (secondary N) is 1. The molecule has 1 amide bonds. The van der Waals surface area contributed by atoms with E-state index in [1.807, 2.05) is 36.4 Å². The summed E-state index contributed by atoms with van der Waals surface area (Å²) in [7, 11) is 0. The molecule has 0 saturated carbocycles. The van der Waals surface area contributed by atoms with E-state index in [0.717, 1.165) is 14.3 Å². The molecule has 0 unspecified atom stereocenters. The highest BCUT2D eigenvalue weighted by molar-refractivity contribution is 9.10. The Morgan fingerprint density at radius 2 is 1.68 bits per heavy atom. The van der Waals surface area contributed by atoms with Crippen LogP contribution in [0.3, 0.4) is 0 Å². The molecule has 3 aromatic rings. The van der Waals surface area contributed by atoms with Crippen LogP contribution in [0.5, 0.6) is 0 Å². The molecule has 0 fully saturated rings. The van der Waals surface area contributed by atoms with Crippen molar-refractivity contribution in [1.82, 2.24) is 5.43 Å². The molecule has 2 aromatic carbocycles. The predicted molar refractivity (Wildman–Crippen MR) is 120 cm³/mol. The minimum Gasteiger partial charge on any atom is -0.447 e. The number of hydrogen-bond donors (Lipinski definition) is 1. The summed E-state index contributed by atoms with van der Waals surface area (Å²) in [5.74, 6) is 0.560. The number of rotatable bonds is 7. The Kier molecular flexibility index (Phi) is 7.93. The van der Waals surface area contributed by atoms with E-state index >= 15 is 0 Å². The van der Waals surface area contributed by atoms with E-state index < -0.39 is 0 Å². The van der Waals surface area contributed by atoms with Crippen LogP contribution in [0.2, 0.25) is 10.0 Å². The number of halogens is 3. The van der Waals surface area contributed by atoms with Crippen LogP contribution in [-0.4, -0.2) is 17.9 Å². The number of furan rings is 1. The van der Waals surface area contributed by atoms with Crippen molar-refractivity contribution >= 4 is 74.8 Å². The lowest BCUT2D eigenvalue weighted by Crippen LogP contribution is -2.19. The molecule has 0 saturated heterocycles. The molecule has 9 heteroatoms. The van der Waals surface area contributed by atoms with Crippen molar-refractivity contribution in [2.45, 2.75) is 14.9 Å². The maximum absolute atomic E-state index is 11.9. The maximum atomic E-state index is 11.9. The Bertz CT molecular complexity index is 977. The van der Waals surface area contributed by atoms with Crippen LogP contribution in [0, 0.1) is 0 Å². The molecule has 4 nitrogen and oxygen atoms in total. The zero-order valence-corrected chi connectivity index (χ0v) is 18.9. The largest absolute Gasteiger partial charge is 0.447 e. The smallest absolute Gasteiger partial charge is 0.250 e. The van der Waals surface area contributed by atoms with Gasteiger partial charge in [-0.15, -0.1) is 11.8 Å². The molecule has 1 heterocycles. The first-order valence-corrected chi connectivity index (χ1v) is 11.3. The Morgan fingerprint density at radius 1 is 1.07 bits per heavy atom. The number of hydrazone groups is 1. The topological polar surface area (TPSA) is 54.6 Å². The molecular formula is C19H13BrCl2N2O2S2. The Morgan fingerprint density at radius 3 is 2.32 bits per heavy atom. The van der Waals surface area contributed by atoms with Gasteiger partial charge in [0.05, 0.1) is 16.4 Å². The first-order chi connectivity index (χ1) is 13.5. The maximum Gasteiger partial charge on any atom is 0.250 e. The number of hydrogen-bond acceptors (Lipinski definition) is 5. The quantitative estimate of drug-likeness (QED) is 0.215. The van der Waals surface area contributed by atoms with Crippen molar-refractivity contribution < 1.29 is 9.21 Å². The molecule has 28 heavy (non-hydrogen) atoms. The third-order valence-corrected chi connectivity index (χ3v) is 6.63. The Balaban J connectivity index is 1.50. The molecule has 0 radical (unpaired) electrons. The summed E-state index contributed by atoms with van der Waals surface area (Å²) in [5.41, 5.74) is 2.48. The average Bonchev–Trinajstić information content (AvgIpc) is 3.02. The second-order valence-electron chi connectivity index (χ2n) is 5.38. The van der Waals surface area contributed by atoms with Crippen LogP contribution in [0.25, 0.3) is 0 Å². The van der Waals surface area contributed by atoms with E-state index in [0.29, 0.717) is 20.9 Å². The SMILES string of the molecule is O=C(CSc1ccc(Cl)cc1)N/N=C\c1cc(Br)c(Sc2ccc(Cl)cc2)o1. The number of thioether (sulfide) groups is 1. The normalized spacial score (nSPS) is 11.1. The number of carbonyl (C=O) groups excluding carboxylic acids is 1. The van der Waals surface area contributed by atoms with E-state index in [9.17, 15) is 4.79 Å². The van der Waals surface area contributed by atoms with Gasteiger partial charge in [0.15, 0.2) is 5.09 Å². The summed E-state index contributed by atoms with van der Waals surface area (Å²) in [4.78, 5) is 13.8. The monoisotopic (exact) mass is 514 g/mol. The van der Waals surface area contributed by atoms with Crippen molar-refractivity contribution in [3.05, 3.63) is 74.9 Å². The van der Waals surface area contributed by atoms with Gasteiger partial charge < -0.3 is 4.42 Å². The van der Waals surface area contributed by atoms with Crippen LogP contribution in [0.1, 0.15) is 5.76 Å². The van der Waals surface area contributed by atoms with Gasteiger partial charge in [0.2, 0.25) is 5.91 Å². The molecule has 0 aliphatic carbocycles. The van der Waals surface area contributed by atoms with E-state index in [4.69, 9.17) is 27.6 Å². The van der Waals surface area contributed by atoms with Crippen LogP contribution >= 0.6 is 62.7 Å². The van der Waals surface area contributed by atoms with Crippen molar-refractivity contribution in [3.8, 4) is 0 Å². The van der Waals surface area contributed by atoms with Gasteiger partial charge in [-0.05, 0) is 64.5 Å². The fourth-order valence-electron chi connectivity index (χ4n) is 1.99. The van der Waals surface area contributed by atoms with Gasteiger partial charge in [-0.25, -0.2) is 5.43 Å². The average molecular weight is 516 g/mol. The Hall–Kier alpha value is -1.38. The van der Waals surface area contributed by atoms with Crippen molar-refractivity contribution in [2.24, 2.45) is 5.10 Å². The molecule has 0 spiro atoms. The summed E-state index contributed by atoms with van der Waals surface area (Å²) in [6.45, 7) is 0. The van der Waals surface area contributed by atoms with E-state index in [1.54, 1.807) is 18.2 Å². The van der Waals surface area contributed by atoms with Crippen LogP contribution < -0.4 is 5.43 Å². The third-order valence-electron chi connectivity index (χ3n) is 3.26. The minimum atomic E-state index is -0.211. The summed E-state index contributed by atoms with van der Waals surface area (Å²) < 4.78 is 6.54. The molecule has 0 atom stereocenters. The zero-order valence-electron chi connectivity index (χ0n) is 14.2. The van der Waals surface area contributed by atoms with E-state index in [1.165, 1.54) is 29.7 Å². The minimum absolute atomic E-state index is 0.211. The number of nitrogens with zero attached hydrogens (tertiary/aromatic N) is 1. The first-order valence-electron chi connectivity index (χ1n) is 7.92. The fourth-order valence-corrected chi connectivity index (χ4v) is 4.26. The standard InChI is InChI=1S/C19H13BrCl2N2O2S2/c20-17-9-14(26-19(17)28-16-7-3-13(22)4-8-16)10-23-24-18(25)11-27-15-5-1-12(21)2-6-15/h1-10H,11H2,(H,24,25)/b23-10-. The van der Waals surface area contributed by atoms with Gasteiger partial charge in [0.25, 0.3) is 0 Å². The van der Waals surface area contributed by atoms with Gasteiger partial charge in [-0.2, -0.15) is 5.10 Å².